The van der Waals surface area contributed by atoms with Crippen LogP contribution in [0.25, 0.3) is 11.1 Å². The predicted octanol–water partition coefficient (Wildman–Crippen LogP) is 4.78. The summed E-state index contributed by atoms with van der Waals surface area (Å²) in [5.74, 6) is 2.00. The lowest BCUT2D eigenvalue weighted by atomic mass is 10.0. The van der Waals surface area contributed by atoms with Crippen LogP contribution in [0.2, 0.25) is 0 Å². The van der Waals surface area contributed by atoms with Crippen LogP contribution in [0, 0.1) is 6.92 Å². The summed E-state index contributed by atoms with van der Waals surface area (Å²) in [6, 6.07) is 14.8. The smallest absolute Gasteiger partial charge is 0.118 e. The van der Waals surface area contributed by atoms with E-state index in [-0.39, 0.29) is 0 Å². The highest BCUT2D eigenvalue weighted by molar-refractivity contribution is 7.99. The number of thioether (sulfide) groups is 1. The molecular formula is C16H18OS. The number of methoxy groups -OCH3 is 1. The first kappa shape index (κ1) is 13.0. The maximum atomic E-state index is 5.18. The van der Waals surface area contributed by atoms with E-state index in [4.69, 9.17) is 4.74 Å². The molecule has 2 aromatic carbocycles. The SMILES string of the molecule is CCSc1cc(-c2ccc(OC)cc2)ccc1C. The minimum absolute atomic E-state index is 0.897. The molecule has 0 heterocycles. The van der Waals surface area contributed by atoms with Gasteiger partial charge in [-0.25, -0.2) is 0 Å². The molecule has 0 fully saturated rings. The minimum atomic E-state index is 0.897. The second-order valence-electron chi connectivity index (χ2n) is 4.14. The van der Waals surface area contributed by atoms with Crippen molar-refractivity contribution in [2.45, 2.75) is 18.7 Å². The van der Waals surface area contributed by atoms with E-state index >= 15 is 0 Å². The molecule has 94 valence electrons. The molecular weight excluding hydrogens is 240 g/mol. The van der Waals surface area contributed by atoms with Gasteiger partial charge in [-0.3, -0.25) is 0 Å². The molecule has 0 aromatic heterocycles. The van der Waals surface area contributed by atoms with Gasteiger partial charge in [-0.2, -0.15) is 0 Å². The number of hydrogen-bond donors (Lipinski definition) is 0. The van der Waals surface area contributed by atoms with Gasteiger partial charge >= 0.3 is 0 Å². The largest absolute Gasteiger partial charge is 0.497 e. The van der Waals surface area contributed by atoms with Gasteiger partial charge in [0.1, 0.15) is 5.75 Å². The van der Waals surface area contributed by atoms with Crippen molar-refractivity contribution in [3.05, 3.63) is 48.0 Å². The highest BCUT2D eigenvalue weighted by atomic mass is 32.2. The molecule has 0 saturated carbocycles. The lowest BCUT2D eigenvalue weighted by molar-refractivity contribution is 0.415. The maximum Gasteiger partial charge on any atom is 0.118 e. The van der Waals surface area contributed by atoms with Crippen LogP contribution in [0.3, 0.4) is 0 Å². The molecule has 0 aliphatic carbocycles. The Bertz CT molecular complexity index is 517. The molecule has 2 heteroatoms. The second-order valence-corrected chi connectivity index (χ2v) is 5.45. The van der Waals surface area contributed by atoms with Crippen LogP contribution in [0.4, 0.5) is 0 Å². The zero-order valence-electron chi connectivity index (χ0n) is 11.1. The third-order valence-electron chi connectivity index (χ3n) is 2.91. The van der Waals surface area contributed by atoms with Crippen LogP contribution in [-0.2, 0) is 0 Å². The Hall–Kier alpha value is -1.41. The zero-order valence-corrected chi connectivity index (χ0v) is 11.9. The minimum Gasteiger partial charge on any atom is -0.497 e. The van der Waals surface area contributed by atoms with E-state index in [9.17, 15) is 0 Å². The van der Waals surface area contributed by atoms with Gasteiger partial charge in [-0.15, -0.1) is 11.8 Å². The molecule has 1 nitrogen and oxygen atoms in total. The third kappa shape index (κ3) is 2.88. The van der Waals surface area contributed by atoms with Gasteiger partial charge in [0.25, 0.3) is 0 Å². The van der Waals surface area contributed by atoms with Gasteiger partial charge in [0.05, 0.1) is 7.11 Å². The van der Waals surface area contributed by atoms with E-state index in [1.54, 1.807) is 7.11 Å². The Kier molecular flexibility index (Phi) is 4.32. The Labute approximate surface area is 113 Å². The van der Waals surface area contributed by atoms with Crippen LogP contribution >= 0.6 is 11.8 Å². The molecule has 0 aliphatic rings. The molecule has 0 atom stereocenters. The van der Waals surface area contributed by atoms with Gasteiger partial charge in [-0.1, -0.05) is 31.2 Å². The topological polar surface area (TPSA) is 9.23 Å². The van der Waals surface area contributed by atoms with Crippen LogP contribution in [-0.4, -0.2) is 12.9 Å². The fourth-order valence-corrected chi connectivity index (χ4v) is 2.69. The summed E-state index contributed by atoms with van der Waals surface area (Å²) in [7, 11) is 1.69. The van der Waals surface area contributed by atoms with Crippen LogP contribution in [0.5, 0.6) is 5.75 Å². The normalized spacial score (nSPS) is 10.4. The average molecular weight is 258 g/mol. The van der Waals surface area contributed by atoms with Gasteiger partial charge in [0, 0.05) is 4.90 Å². The standard InChI is InChI=1S/C16H18OS/c1-4-18-16-11-14(6-5-12(16)2)13-7-9-15(17-3)10-8-13/h5-11H,4H2,1-3H3. The first-order valence-corrected chi connectivity index (χ1v) is 7.11. The number of benzene rings is 2. The number of hydrogen-bond acceptors (Lipinski definition) is 2. The summed E-state index contributed by atoms with van der Waals surface area (Å²) in [6.07, 6.45) is 0. The van der Waals surface area contributed by atoms with Crippen molar-refractivity contribution in [3.63, 3.8) is 0 Å². The number of aryl methyl sites for hydroxylation is 1. The summed E-state index contributed by atoms with van der Waals surface area (Å²) in [6.45, 7) is 4.35. The lowest BCUT2D eigenvalue weighted by Crippen LogP contribution is -1.85. The molecule has 0 bridgehead atoms. The Balaban J connectivity index is 2.34. The summed E-state index contributed by atoms with van der Waals surface area (Å²) in [5, 5.41) is 0. The van der Waals surface area contributed by atoms with Gasteiger partial charge in [0.15, 0.2) is 0 Å². The molecule has 0 saturated heterocycles. The highest BCUT2D eigenvalue weighted by Gasteiger charge is 2.03. The molecule has 0 spiro atoms. The van der Waals surface area contributed by atoms with Crippen molar-refractivity contribution in [1.29, 1.82) is 0 Å². The lowest BCUT2D eigenvalue weighted by Gasteiger charge is -2.08. The van der Waals surface area contributed by atoms with E-state index in [1.165, 1.54) is 21.6 Å². The van der Waals surface area contributed by atoms with Crippen molar-refractivity contribution in [2.24, 2.45) is 0 Å². The van der Waals surface area contributed by atoms with Crippen molar-refractivity contribution >= 4 is 11.8 Å². The molecule has 0 aliphatic heterocycles. The van der Waals surface area contributed by atoms with Crippen molar-refractivity contribution < 1.29 is 4.74 Å². The third-order valence-corrected chi connectivity index (χ3v) is 3.95. The second kappa shape index (κ2) is 5.96. The highest BCUT2D eigenvalue weighted by Crippen LogP contribution is 2.29. The summed E-state index contributed by atoms with van der Waals surface area (Å²) < 4.78 is 5.18. The van der Waals surface area contributed by atoms with Gasteiger partial charge in [0.2, 0.25) is 0 Å². The first-order chi connectivity index (χ1) is 8.74. The summed E-state index contributed by atoms with van der Waals surface area (Å²) >= 11 is 1.89. The first-order valence-electron chi connectivity index (χ1n) is 6.12. The van der Waals surface area contributed by atoms with Gasteiger partial charge in [-0.05, 0) is 47.6 Å². The average Bonchev–Trinajstić information content (AvgIpc) is 2.42. The van der Waals surface area contributed by atoms with E-state index < -0.39 is 0 Å². The van der Waals surface area contributed by atoms with Crippen molar-refractivity contribution in [3.8, 4) is 16.9 Å². The molecule has 18 heavy (non-hydrogen) atoms. The van der Waals surface area contributed by atoms with Crippen molar-refractivity contribution in [2.75, 3.05) is 12.9 Å². The monoisotopic (exact) mass is 258 g/mol. The summed E-state index contributed by atoms with van der Waals surface area (Å²) in [5.41, 5.74) is 3.84. The molecule has 2 aromatic rings. The molecule has 0 amide bonds. The Morgan fingerprint density at radius 2 is 1.67 bits per heavy atom. The quantitative estimate of drug-likeness (QED) is 0.730. The van der Waals surface area contributed by atoms with E-state index in [2.05, 4.69) is 44.2 Å². The fraction of sp³-hybridized carbons (Fsp3) is 0.250. The zero-order chi connectivity index (χ0) is 13.0. The van der Waals surface area contributed by atoms with Crippen molar-refractivity contribution in [1.82, 2.24) is 0 Å². The maximum absolute atomic E-state index is 5.18. The molecule has 0 radical (unpaired) electrons. The van der Waals surface area contributed by atoms with E-state index in [0.717, 1.165) is 11.5 Å². The molecule has 0 N–H and O–H groups in total. The van der Waals surface area contributed by atoms with Crippen LogP contribution in [0.15, 0.2) is 47.4 Å². The number of rotatable bonds is 4. The predicted molar refractivity (Wildman–Crippen MR) is 79.6 cm³/mol. The van der Waals surface area contributed by atoms with Gasteiger partial charge < -0.3 is 4.74 Å². The fourth-order valence-electron chi connectivity index (χ4n) is 1.87. The summed E-state index contributed by atoms with van der Waals surface area (Å²) in [4.78, 5) is 1.37. The molecule has 2 rings (SSSR count). The van der Waals surface area contributed by atoms with E-state index in [1.807, 2.05) is 23.9 Å². The molecule has 0 unspecified atom stereocenters. The van der Waals surface area contributed by atoms with Crippen LogP contribution in [0.1, 0.15) is 12.5 Å². The number of ether oxygens (including phenoxy) is 1. The Morgan fingerprint density at radius 1 is 1.00 bits per heavy atom. The van der Waals surface area contributed by atoms with E-state index in [0.29, 0.717) is 0 Å². The van der Waals surface area contributed by atoms with Crippen LogP contribution < -0.4 is 4.74 Å². The Morgan fingerprint density at radius 3 is 2.28 bits per heavy atom.